The largest absolute Gasteiger partial charge is 0.341 e. The van der Waals surface area contributed by atoms with Crippen molar-refractivity contribution >= 4 is 5.91 Å². The van der Waals surface area contributed by atoms with Gasteiger partial charge in [0.1, 0.15) is 0 Å². The summed E-state index contributed by atoms with van der Waals surface area (Å²) in [6.07, 6.45) is 10.7. The predicted molar refractivity (Wildman–Crippen MR) is 86.1 cm³/mol. The Balaban J connectivity index is 1.55. The number of nitrogens with zero attached hydrogens (tertiary/aromatic N) is 2. The van der Waals surface area contributed by atoms with E-state index in [0.717, 1.165) is 25.6 Å². The van der Waals surface area contributed by atoms with Crippen LogP contribution in [-0.4, -0.2) is 47.9 Å². The summed E-state index contributed by atoms with van der Waals surface area (Å²) in [6.45, 7) is 8.70. The number of amides is 1. The minimum atomic E-state index is 0.0970. The topological polar surface area (TPSA) is 23.6 Å². The third-order valence-corrected chi connectivity index (χ3v) is 6.38. The van der Waals surface area contributed by atoms with Gasteiger partial charge in [-0.15, -0.1) is 0 Å². The van der Waals surface area contributed by atoms with Gasteiger partial charge in [-0.1, -0.05) is 26.2 Å². The van der Waals surface area contributed by atoms with E-state index >= 15 is 0 Å². The van der Waals surface area contributed by atoms with Gasteiger partial charge >= 0.3 is 0 Å². The van der Waals surface area contributed by atoms with Crippen molar-refractivity contribution in [3.63, 3.8) is 0 Å². The van der Waals surface area contributed by atoms with Gasteiger partial charge in [0.2, 0.25) is 5.91 Å². The summed E-state index contributed by atoms with van der Waals surface area (Å²) in [5.74, 6) is 1.18. The Bertz CT molecular complexity index is 367. The molecular weight excluding hydrogens is 260 g/mol. The van der Waals surface area contributed by atoms with Crippen molar-refractivity contribution in [2.45, 2.75) is 71.3 Å². The monoisotopic (exact) mass is 292 g/mol. The molecule has 0 bridgehead atoms. The van der Waals surface area contributed by atoms with Gasteiger partial charge < -0.3 is 4.90 Å². The lowest BCUT2D eigenvalue weighted by Crippen LogP contribution is -2.49. The van der Waals surface area contributed by atoms with E-state index in [1.165, 1.54) is 57.9 Å². The van der Waals surface area contributed by atoms with Crippen LogP contribution in [0.4, 0.5) is 0 Å². The SMILES string of the molecule is CC1CCN(C(=O)C(C)N2CCC3(CCCCC3)C2)CC1. The number of piperidine rings is 1. The van der Waals surface area contributed by atoms with Crippen molar-refractivity contribution in [3.05, 3.63) is 0 Å². The molecule has 120 valence electrons. The zero-order chi connectivity index (χ0) is 14.9. The molecule has 2 saturated heterocycles. The Labute approximate surface area is 130 Å². The molecule has 3 aliphatic rings. The van der Waals surface area contributed by atoms with Crippen LogP contribution in [0.1, 0.15) is 65.2 Å². The third-order valence-electron chi connectivity index (χ3n) is 6.38. The van der Waals surface area contributed by atoms with Crippen LogP contribution in [0.3, 0.4) is 0 Å². The lowest BCUT2D eigenvalue weighted by Gasteiger charge is -2.36. The van der Waals surface area contributed by atoms with Crippen LogP contribution in [0.5, 0.6) is 0 Å². The van der Waals surface area contributed by atoms with Crippen LogP contribution in [-0.2, 0) is 4.79 Å². The molecular formula is C18H32N2O. The van der Waals surface area contributed by atoms with Crippen molar-refractivity contribution in [2.24, 2.45) is 11.3 Å². The predicted octanol–water partition coefficient (Wildman–Crippen LogP) is 3.29. The summed E-state index contributed by atoms with van der Waals surface area (Å²) in [7, 11) is 0. The van der Waals surface area contributed by atoms with Crippen LogP contribution >= 0.6 is 0 Å². The highest BCUT2D eigenvalue weighted by molar-refractivity contribution is 5.81. The number of rotatable bonds is 2. The summed E-state index contributed by atoms with van der Waals surface area (Å²) in [6, 6.07) is 0.0970. The second kappa shape index (κ2) is 6.28. The molecule has 1 amide bonds. The highest BCUT2D eigenvalue weighted by Crippen LogP contribution is 2.44. The maximum absolute atomic E-state index is 12.7. The molecule has 1 atom stereocenters. The van der Waals surface area contributed by atoms with Gasteiger partial charge in [-0.2, -0.15) is 0 Å². The van der Waals surface area contributed by atoms with Crippen LogP contribution in [0.2, 0.25) is 0 Å². The third kappa shape index (κ3) is 3.28. The molecule has 1 aliphatic carbocycles. The number of likely N-dealkylation sites (tertiary alicyclic amines) is 2. The minimum Gasteiger partial charge on any atom is -0.341 e. The van der Waals surface area contributed by atoms with Crippen molar-refractivity contribution < 1.29 is 4.79 Å². The maximum atomic E-state index is 12.7. The molecule has 3 rings (SSSR count). The van der Waals surface area contributed by atoms with Gasteiger partial charge in [-0.25, -0.2) is 0 Å². The summed E-state index contributed by atoms with van der Waals surface area (Å²) < 4.78 is 0. The van der Waals surface area contributed by atoms with Crippen molar-refractivity contribution in [3.8, 4) is 0 Å². The normalized spacial score (nSPS) is 29.0. The lowest BCUT2D eigenvalue weighted by molar-refractivity contribution is -0.137. The van der Waals surface area contributed by atoms with Crippen molar-refractivity contribution in [2.75, 3.05) is 26.2 Å². The zero-order valence-corrected chi connectivity index (χ0v) is 13.9. The Morgan fingerprint density at radius 2 is 1.71 bits per heavy atom. The molecule has 0 aromatic carbocycles. The molecule has 2 heterocycles. The van der Waals surface area contributed by atoms with E-state index in [-0.39, 0.29) is 6.04 Å². The van der Waals surface area contributed by atoms with E-state index in [4.69, 9.17) is 0 Å². The molecule has 3 fully saturated rings. The molecule has 0 N–H and O–H groups in total. The van der Waals surface area contributed by atoms with Gasteiger partial charge in [0.25, 0.3) is 0 Å². The van der Waals surface area contributed by atoms with E-state index in [2.05, 4.69) is 23.6 Å². The summed E-state index contributed by atoms with van der Waals surface area (Å²) in [5.41, 5.74) is 0.559. The second-order valence-electron chi connectivity index (χ2n) is 7.96. The molecule has 1 saturated carbocycles. The van der Waals surface area contributed by atoms with E-state index in [9.17, 15) is 4.79 Å². The first-order valence-electron chi connectivity index (χ1n) is 9.12. The first-order chi connectivity index (χ1) is 10.1. The molecule has 21 heavy (non-hydrogen) atoms. The molecule has 0 radical (unpaired) electrons. The average Bonchev–Trinajstić information content (AvgIpc) is 2.91. The Hall–Kier alpha value is -0.570. The number of hydrogen-bond donors (Lipinski definition) is 0. The first kappa shape index (κ1) is 15.3. The summed E-state index contributed by atoms with van der Waals surface area (Å²) in [4.78, 5) is 17.3. The highest BCUT2D eigenvalue weighted by Gasteiger charge is 2.42. The Kier molecular flexibility index (Phi) is 4.58. The van der Waals surface area contributed by atoms with Gasteiger partial charge in [-0.05, 0) is 56.9 Å². The molecule has 0 aromatic heterocycles. The Morgan fingerprint density at radius 1 is 1.05 bits per heavy atom. The minimum absolute atomic E-state index is 0.0970. The molecule has 3 heteroatoms. The van der Waals surface area contributed by atoms with Gasteiger partial charge in [-0.3, -0.25) is 9.69 Å². The highest BCUT2D eigenvalue weighted by atomic mass is 16.2. The van der Waals surface area contributed by atoms with Gasteiger partial charge in [0, 0.05) is 19.6 Å². The molecule has 3 nitrogen and oxygen atoms in total. The summed E-state index contributed by atoms with van der Waals surface area (Å²) in [5, 5.41) is 0. The van der Waals surface area contributed by atoms with Crippen LogP contribution in [0.25, 0.3) is 0 Å². The average molecular weight is 292 g/mol. The van der Waals surface area contributed by atoms with Crippen molar-refractivity contribution in [1.29, 1.82) is 0 Å². The molecule has 0 aromatic rings. The van der Waals surface area contributed by atoms with E-state index in [1.54, 1.807) is 0 Å². The summed E-state index contributed by atoms with van der Waals surface area (Å²) >= 11 is 0. The second-order valence-corrected chi connectivity index (χ2v) is 7.96. The standard InChI is InChI=1S/C18H32N2O/c1-15-6-11-19(12-7-15)17(21)16(2)20-13-10-18(14-20)8-4-3-5-9-18/h15-16H,3-14H2,1-2H3. The molecule has 1 spiro atoms. The fourth-order valence-corrected chi connectivity index (χ4v) is 4.66. The van der Waals surface area contributed by atoms with E-state index in [0.29, 0.717) is 11.3 Å². The van der Waals surface area contributed by atoms with E-state index in [1.807, 2.05) is 0 Å². The fraction of sp³-hybridized carbons (Fsp3) is 0.944. The maximum Gasteiger partial charge on any atom is 0.239 e. The quantitative estimate of drug-likeness (QED) is 0.780. The molecule has 1 unspecified atom stereocenters. The number of carbonyl (C=O) groups is 1. The van der Waals surface area contributed by atoms with E-state index < -0.39 is 0 Å². The smallest absolute Gasteiger partial charge is 0.239 e. The molecule has 2 aliphatic heterocycles. The van der Waals surface area contributed by atoms with Gasteiger partial charge in [0.05, 0.1) is 6.04 Å². The van der Waals surface area contributed by atoms with Crippen LogP contribution in [0, 0.1) is 11.3 Å². The first-order valence-corrected chi connectivity index (χ1v) is 9.12. The fourth-order valence-electron chi connectivity index (χ4n) is 4.66. The van der Waals surface area contributed by atoms with Crippen LogP contribution in [0.15, 0.2) is 0 Å². The number of carbonyl (C=O) groups excluding carboxylic acids is 1. The van der Waals surface area contributed by atoms with Gasteiger partial charge in [0.15, 0.2) is 0 Å². The number of hydrogen-bond acceptors (Lipinski definition) is 2. The lowest BCUT2D eigenvalue weighted by atomic mass is 9.73. The Morgan fingerprint density at radius 3 is 2.38 bits per heavy atom. The van der Waals surface area contributed by atoms with Crippen molar-refractivity contribution in [1.82, 2.24) is 9.80 Å². The zero-order valence-electron chi connectivity index (χ0n) is 13.9. The van der Waals surface area contributed by atoms with Crippen LogP contribution < -0.4 is 0 Å².